The van der Waals surface area contributed by atoms with Gasteiger partial charge in [-0.3, -0.25) is 4.79 Å². The van der Waals surface area contributed by atoms with Gasteiger partial charge in [-0.15, -0.1) is 11.3 Å². The molecule has 3 rings (SSSR count). The lowest BCUT2D eigenvalue weighted by Crippen LogP contribution is -2.07. The van der Waals surface area contributed by atoms with E-state index in [1.165, 1.54) is 22.2 Å². The van der Waals surface area contributed by atoms with Crippen LogP contribution in [-0.4, -0.2) is 5.91 Å². The van der Waals surface area contributed by atoms with Crippen LogP contribution in [-0.2, 0) is 11.3 Å². The zero-order chi connectivity index (χ0) is 17.8. The number of anilines is 2. The van der Waals surface area contributed by atoms with Gasteiger partial charge in [-0.1, -0.05) is 29.8 Å². The number of thiophene rings is 1. The van der Waals surface area contributed by atoms with Gasteiger partial charge in [-0.25, -0.2) is 0 Å². The number of aryl methyl sites for hydroxylation is 1. The SMILES string of the molecule is CC(=O)Nc1cc(NCc2ccc(-c3ccc(Cl)cc3)s2)ccc1C. The van der Waals surface area contributed by atoms with Crippen LogP contribution in [0, 0.1) is 6.92 Å². The summed E-state index contributed by atoms with van der Waals surface area (Å²) in [4.78, 5) is 13.7. The van der Waals surface area contributed by atoms with E-state index in [0.717, 1.165) is 28.5 Å². The average Bonchev–Trinajstić information content (AvgIpc) is 3.05. The second-order valence-corrected chi connectivity index (χ2v) is 7.44. The zero-order valence-electron chi connectivity index (χ0n) is 14.1. The number of amides is 1. The van der Waals surface area contributed by atoms with Crippen LogP contribution in [0.5, 0.6) is 0 Å². The molecular formula is C20H19ClN2OS. The summed E-state index contributed by atoms with van der Waals surface area (Å²) < 4.78 is 0. The molecule has 0 radical (unpaired) electrons. The Hall–Kier alpha value is -2.30. The Kier molecular flexibility index (Phi) is 5.41. The van der Waals surface area contributed by atoms with Crippen LogP contribution in [0.1, 0.15) is 17.4 Å². The monoisotopic (exact) mass is 370 g/mol. The normalized spacial score (nSPS) is 10.5. The van der Waals surface area contributed by atoms with Crippen molar-refractivity contribution in [2.45, 2.75) is 20.4 Å². The van der Waals surface area contributed by atoms with Crippen molar-refractivity contribution in [3.05, 3.63) is 70.1 Å². The van der Waals surface area contributed by atoms with E-state index in [2.05, 4.69) is 22.8 Å². The molecule has 25 heavy (non-hydrogen) atoms. The lowest BCUT2D eigenvalue weighted by atomic mass is 10.1. The van der Waals surface area contributed by atoms with Crippen molar-refractivity contribution < 1.29 is 4.79 Å². The van der Waals surface area contributed by atoms with E-state index in [1.807, 2.05) is 49.4 Å². The van der Waals surface area contributed by atoms with E-state index in [0.29, 0.717) is 0 Å². The molecule has 0 atom stereocenters. The molecule has 0 spiro atoms. The lowest BCUT2D eigenvalue weighted by molar-refractivity contribution is -0.114. The quantitative estimate of drug-likeness (QED) is 0.582. The van der Waals surface area contributed by atoms with Gasteiger partial charge in [0, 0.05) is 39.6 Å². The van der Waals surface area contributed by atoms with Gasteiger partial charge in [0.25, 0.3) is 0 Å². The molecule has 0 saturated carbocycles. The highest BCUT2D eigenvalue weighted by Gasteiger charge is 2.05. The molecule has 0 saturated heterocycles. The van der Waals surface area contributed by atoms with Gasteiger partial charge >= 0.3 is 0 Å². The summed E-state index contributed by atoms with van der Waals surface area (Å²) in [5, 5.41) is 7.02. The molecule has 1 heterocycles. The summed E-state index contributed by atoms with van der Waals surface area (Å²) in [6.45, 7) is 4.23. The van der Waals surface area contributed by atoms with Crippen molar-refractivity contribution in [3.63, 3.8) is 0 Å². The first kappa shape index (κ1) is 17.5. The molecule has 2 N–H and O–H groups in total. The molecule has 1 aromatic heterocycles. The van der Waals surface area contributed by atoms with E-state index in [1.54, 1.807) is 11.3 Å². The summed E-state index contributed by atoms with van der Waals surface area (Å²) in [6, 6.07) is 18.1. The number of carbonyl (C=O) groups is 1. The predicted molar refractivity (Wildman–Crippen MR) is 108 cm³/mol. The maximum atomic E-state index is 11.3. The largest absolute Gasteiger partial charge is 0.380 e. The predicted octanol–water partition coefficient (Wildman–Crippen LogP) is 5.95. The Morgan fingerprint density at radius 2 is 1.84 bits per heavy atom. The van der Waals surface area contributed by atoms with E-state index in [4.69, 9.17) is 11.6 Å². The Labute approximate surface area is 156 Å². The summed E-state index contributed by atoms with van der Waals surface area (Å²) in [5.41, 5.74) is 4.03. The highest BCUT2D eigenvalue weighted by Crippen LogP contribution is 2.29. The van der Waals surface area contributed by atoms with Gasteiger partial charge in [0.15, 0.2) is 0 Å². The number of benzene rings is 2. The van der Waals surface area contributed by atoms with Crippen molar-refractivity contribution in [3.8, 4) is 10.4 Å². The minimum Gasteiger partial charge on any atom is -0.380 e. The van der Waals surface area contributed by atoms with Gasteiger partial charge < -0.3 is 10.6 Å². The Morgan fingerprint density at radius 3 is 2.56 bits per heavy atom. The van der Waals surface area contributed by atoms with Crippen molar-refractivity contribution in [1.82, 2.24) is 0 Å². The molecule has 5 heteroatoms. The van der Waals surface area contributed by atoms with Gasteiger partial charge in [-0.05, 0) is 54.4 Å². The molecule has 0 aliphatic carbocycles. The molecule has 3 nitrogen and oxygen atoms in total. The van der Waals surface area contributed by atoms with E-state index in [-0.39, 0.29) is 5.91 Å². The van der Waals surface area contributed by atoms with Crippen molar-refractivity contribution in [1.29, 1.82) is 0 Å². The highest BCUT2D eigenvalue weighted by molar-refractivity contribution is 7.15. The standard InChI is InChI=1S/C20H19ClN2OS/c1-13-3-8-17(11-19(13)23-14(2)24)22-12-18-9-10-20(25-18)15-4-6-16(21)7-5-15/h3-11,22H,12H2,1-2H3,(H,23,24). The number of rotatable bonds is 5. The fourth-order valence-corrected chi connectivity index (χ4v) is 3.57. The first-order valence-electron chi connectivity index (χ1n) is 7.98. The van der Waals surface area contributed by atoms with E-state index in [9.17, 15) is 4.79 Å². The molecule has 0 fully saturated rings. The van der Waals surface area contributed by atoms with E-state index < -0.39 is 0 Å². The fraction of sp³-hybridized carbons (Fsp3) is 0.150. The molecule has 2 aromatic carbocycles. The van der Waals surface area contributed by atoms with Crippen LogP contribution >= 0.6 is 22.9 Å². The van der Waals surface area contributed by atoms with Crippen molar-refractivity contribution >= 4 is 40.2 Å². The summed E-state index contributed by atoms with van der Waals surface area (Å²) in [5.74, 6) is -0.0638. The first-order chi connectivity index (χ1) is 12.0. The fourth-order valence-electron chi connectivity index (χ4n) is 2.49. The molecular weight excluding hydrogens is 352 g/mol. The summed E-state index contributed by atoms with van der Waals surface area (Å²) in [6.07, 6.45) is 0. The molecule has 0 bridgehead atoms. The van der Waals surface area contributed by atoms with Gasteiger partial charge in [0.2, 0.25) is 5.91 Å². The lowest BCUT2D eigenvalue weighted by Gasteiger charge is -2.10. The van der Waals surface area contributed by atoms with Gasteiger partial charge in [0.1, 0.15) is 0 Å². The third-order valence-corrected chi connectivity index (χ3v) is 5.19. The van der Waals surface area contributed by atoms with E-state index >= 15 is 0 Å². The van der Waals surface area contributed by atoms with Crippen LogP contribution in [0.4, 0.5) is 11.4 Å². The smallest absolute Gasteiger partial charge is 0.221 e. The molecule has 128 valence electrons. The van der Waals surface area contributed by atoms with Crippen molar-refractivity contribution in [2.75, 3.05) is 10.6 Å². The summed E-state index contributed by atoms with van der Waals surface area (Å²) >= 11 is 7.70. The zero-order valence-corrected chi connectivity index (χ0v) is 15.7. The maximum absolute atomic E-state index is 11.3. The second-order valence-electron chi connectivity index (χ2n) is 5.84. The molecule has 3 aromatic rings. The number of hydrogen-bond acceptors (Lipinski definition) is 3. The topological polar surface area (TPSA) is 41.1 Å². The number of halogens is 1. The molecule has 0 aliphatic rings. The first-order valence-corrected chi connectivity index (χ1v) is 9.17. The number of nitrogens with one attached hydrogen (secondary N) is 2. The molecule has 0 aliphatic heterocycles. The minimum atomic E-state index is -0.0638. The Bertz CT molecular complexity index is 887. The van der Waals surface area contributed by atoms with Gasteiger partial charge in [-0.2, -0.15) is 0 Å². The van der Waals surface area contributed by atoms with Crippen LogP contribution in [0.25, 0.3) is 10.4 Å². The third-order valence-electron chi connectivity index (χ3n) is 3.81. The molecule has 1 amide bonds. The third kappa shape index (κ3) is 4.62. The maximum Gasteiger partial charge on any atom is 0.221 e. The minimum absolute atomic E-state index is 0.0638. The Morgan fingerprint density at radius 1 is 1.08 bits per heavy atom. The van der Waals surface area contributed by atoms with Crippen LogP contribution < -0.4 is 10.6 Å². The second kappa shape index (κ2) is 7.72. The number of hydrogen-bond donors (Lipinski definition) is 2. The van der Waals surface area contributed by atoms with Crippen molar-refractivity contribution in [2.24, 2.45) is 0 Å². The van der Waals surface area contributed by atoms with Crippen LogP contribution in [0.15, 0.2) is 54.6 Å². The number of carbonyl (C=O) groups excluding carboxylic acids is 1. The van der Waals surface area contributed by atoms with Crippen LogP contribution in [0.2, 0.25) is 5.02 Å². The Balaban J connectivity index is 1.68. The van der Waals surface area contributed by atoms with Gasteiger partial charge in [0.05, 0.1) is 0 Å². The average molecular weight is 371 g/mol. The highest BCUT2D eigenvalue weighted by atomic mass is 35.5. The molecule has 0 unspecified atom stereocenters. The summed E-state index contributed by atoms with van der Waals surface area (Å²) in [7, 11) is 0. The van der Waals surface area contributed by atoms with Crippen LogP contribution in [0.3, 0.4) is 0 Å².